The molecule has 0 aromatic heterocycles. The Labute approximate surface area is 125 Å². The molecule has 0 N–H and O–H groups in total. The van der Waals surface area contributed by atoms with E-state index in [9.17, 15) is 4.79 Å². The van der Waals surface area contributed by atoms with Crippen molar-refractivity contribution in [3.63, 3.8) is 0 Å². The maximum Gasteiger partial charge on any atom is 0.323 e. The highest BCUT2D eigenvalue weighted by molar-refractivity contribution is 5.76. The van der Waals surface area contributed by atoms with Crippen LogP contribution in [0.2, 0.25) is 0 Å². The molecule has 3 heteroatoms. The molecule has 0 aliphatic carbocycles. The third-order valence-electron chi connectivity index (χ3n) is 4.22. The lowest BCUT2D eigenvalue weighted by Crippen LogP contribution is -2.37. The molecule has 1 heterocycles. The molecule has 0 radical (unpaired) electrons. The van der Waals surface area contributed by atoms with Crippen molar-refractivity contribution < 1.29 is 9.53 Å². The Morgan fingerprint density at radius 1 is 1.05 bits per heavy atom. The highest BCUT2D eigenvalue weighted by Crippen LogP contribution is 2.19. The van der Waals surface area contributed by atoms with E-state index in [2.05, 4.69) is 11.8 Å². The predicted molar refractivity (Wildman–Crippen MR) is 83.8 cm³/mol. The Morgan fingerprint density at radius 2 is 1.70 bits per heavy atom. The number of nitrogens with zero attached hydrogens (tertiary/aromatic N) is 1. The summed E-state index contributed by atoms with van der Waals surface area (Å²) < 4.78 is 5.16. The quantitative estimate of drug-likeness (QED) is 0.421. The molecule has 1 saturated heterocycles. The van der Waals surface area contributed by atoms with Gasteiger partial charge in [-0.25, -0.2) is 0 Å². The van der Waals surface area contributed by atoms with Gasteiger partial charge in [-0.3, -0.25) is 9.69 Å². The maximum atomic E-state index is 11.8. The Hall–Kier alpha value is -0.570. The van der Waals surface area contributed by atoms with Crippen molar-refractivity contribution in [2.75, 3.05) is 19.7 Å². The van der Waals surface area contributed by atoms with Crippen molar-refractivity contribution >= 4 is 5.97 Å². The van der Waals surface area contributed by atoms with E-state index >= 15 is 0 Å². The molecule has 3 nitrogen and oxygen atoms in total. The number of ether oxygens (including phenoxy) is 1. The average molecular weight is 283 g/mol. The minimum atomic E-state index is -0.00966. The fourth-order valence-electron chi connectivity index (χ4n) is 3.05. The summed E-state index contributed by atoms with van der Waals surface area (Å²) in [7, 11) is 0. The van der Waals surface area contributed by atoms with E-state index in [0.29, 0.717) is 6.61 Å². The number of carbonyl (C=O) groups excluding carboxylic acids is 1. The zero-order chi connectivity index (χ0) is 14.6. The minimum absolute atomic E-state index is 0.00966. The van der Waals surface area contributed by atoms with Crippen LogP contribution in [-0.2, 0) is 9.53 Å². The van der Waals surface area contributed by atoms with E-state index in [4.69, 9.17) is 4.74 Å². The van der Waals surface area contributed by atoms with Gasteiger partial charge in [0.25, 0.3) is 0 Å². The molecule has 0 bridgehead atoms. The SMILES string of the molecule is CCCCCCCCCCN1CCC[C@H]1C(=O)OCC. The lowest BCUT2D eigenvalue weighted by Gasteiger charge is -2.22. The molecule has 0 aromatic carbocycles. The zero-order valence-electron chi connectivity index (χ0n) is 13.5. The monoisotopic (exact) mass is 283 g/mol. The number of rotatable bonds is 11. The molecule has 1 aliphatic rings. The number of hydrogen-bond acceptors (Lipinski definition) is 3. The topological polar surface area (TPSA) is 29.5 Å². The van der Waals surface area contributed by atoms with Crippen LogP contribution < -0.4 is 0 Å². The van der Waals surface area contributed by atoms with Crippen molar-refractivity contribution in [3.8, 4) is 0 Å². The van der Waals surface area contributed by atoms with Gasteiger partial charge in [-0.1, -0.05) is 51.9 Å². The van der Waals surface area contributed by atoms with E-state index < -0.39 is 0 Å². The summed E-state index contributed by atoms with van der Waals surface area (Å²) in [6, 6.07) is 0.0412. The molecule has 1 aliphatic heterocycles. The van der Waals surface area contributed by atoms with E-state index in [0.717, 1.165) is 25.9 Å². The maximum absolute atomic E-state index is 11.8. The van der Waals surface area contributed by atoms with Crippen LogP contribution in [0, 0.1) is 0 Å². The molecule has 20 heavy (non-hydrogen) atoms. The normalized spacial score (nSPS) is 19.4. The van der Waals surface area contributed by atoms with E-state index in [-0.39, 0.29) is 12.0 Å². The molecule has 1 atom stereocenters. The first-order valence-electron chi connectivity index (χ1n) is 8.70. The third kappa shape index (κ3) is 6.74. The second-order valence-corrected chi connectivity index (χ2v) is 5.92. The van der Waals surface area contributed by atoms with Gasteiger partial charge in [0, 0.05) is 0 Å². The van der Waals surface area contributed by atoms with Crippen LogP contribution in [0.15, 0.2) is 0 Å². The summed E-state index contributed by atoms with van der Waals surface area (Å²) in [5.41, 5.74) is 0. The molecule has 118 valence electrons. The standard InChI is InChI=1S/C17H33NO2/c1-3-5-6-7-8-9-10-11-14-18-15-12-13-16(18)17(19)20-4-2/h16H,3-15H2,1-2H3/t16-/m0/s1. The van der Waals surface area contributed by atoms with Crippen LogP contribution in [0.1, 0.15) is 78.1 Å². The third-order valence-corrected chi connectivity index (χ3v) is 4.22. The van der Waals surface area contributed by atoms with Gasteiger partial charge in [0.1, 0.15) is 6.04 Å². The second kappa shape index (κ2) is 11.1. The number of likely N-dealkylation sites (tertiary alicyclic amines) is 1. The van der Waals surface area contributed by atoms with Gasteiger partial charge in [-0.05, 0) is 39.3 Å². The average Bonchev–Trinajstić information content (AvgIpc) is 2.90. The van der Waals surface area contributed by atoms with E-state index in [1.165, 1.54) is 51.4 Å². The molecule has 0 aromatic rings. The van der Waals surface area contributed by atoms with Crippen molar-refractivity contribution in [1.29, 1.82) is 0 Å². The highest BCUT2D eigenvalue weighted by Gasteiger charge is 2.30. The molecule has 0 amide bonds. The second-order valence-electron chi connectivity index (χ2n) is 5.92. The van der Waals surface area contributed by atoms with Crippen LogP contribution in [0.5, 0.6) is 0 Å². The smallest absolute Gasteiger partial charge is 0.323 e. The Kier molecular flexibility index (Phi) is 9.73. The summed E-state index contributed by atoms with van der Waals surface area (Å²) in [4.78, 5) is 14.2. The van der Waals surface area contributed by atoms with E-state index in [1.54, 1.807) is 0 Å². The van der Waals surface area contributed by atoms with Crippen LogP contribution in [0.4, 0.5) is 0 Å². The number of esters is 1. The lowest BCUT2D eigenvalue weighted by molar-refractivity contribution is -0.148. The Morgan fingerprint density at radius 3 is 2.35 bits per heavy atom. The largest absolute Gasteiger partial charge is 0.465 e. The van der Waals surface area contributed by atoms with Gasteiger partial charge in [-0.2, -0.15) is 0 Å². The first-order valence-corrected chi connectivity index (χ1v) is 8.70. The first kappa shape index (κ1) is 17.5. The molecule has 1 rings (SSSR count). The van der Waals surface area contributed by atoms with Gasteiger partial charge in [0.15, 0.2) is 0 Å². The van der Waals surface area contributed by atoms with Crippen molar-refractivity contribution in [2.45, 2.75) is 84.1 Å². The summed E-state index contributed by atoms with van der Waals surface area (Å²) >= 11 is 0. The lowest BCUT2D eigenvalue weighted by atomic mass is 10.1. The van der Waals surface area contributed by atoms with Gasteiger partial charge in [-0.15, -0.1) is 0 Å². The van der Waals surface area contributed by atoms with Gasteiger partial charge < -0.3 is 4.74 Å². The Bertz CT molecular complexity index is 255. The van der Waals surface area contributed by atoms with Crippen molar-refractivity contribution in [2.24, 2.45) is 0 Å². The molecular formula is C17H33NO2. The minimum Gasteiger partial charge on any atom is -0.465 e. The predicted octanol–water partition coefficient (Wildman–Crippen LogP) is 4.15. The van der Waals surface area contributed by atoms with Crippen LogP contribution in [0.25, 0.3) is 0 Å². The van der Waals surface area contributed by atoms with Crippen LogP contribution >= 0.6 is 0 Å². The van der Waals surface area contributed by atoms with Crippen molar-refractivity contribution in [3.05, 3.63) is 0 Å². The molecular weight excluding hydrogens is 250 g/mol. The Balaban J connectivity index is 2.04. The summed E-state index contributed by atoms with van der Waals surface area (Å²) in [6.45, 7) is 6.78. The highest BCUT2D eigenvalue weighted by atomic mass is 16.5. The molecule has 1 fully saturated rings. The van der Waals surface area contributed by atoms with Gasteiger partial charge >= 0.3 is 5.97 Å². The van der Waals surface area contributed by atoms with Gasteiger partial charge in [0.05, 0.1) is 6.61 Å². The first-order chi connectivity index (χ1) is 9.79. The summed E-state index contributed by atoms with van der Waals surface area (Å²) in [6.07, 6.45) is 12.9. The molecule has 0 saturated carbocycles. The van der Waals surface area contributed by atoms with Crippen LogP contribution in [-0.4, -0.2) is 36.6 Å². The number of carbonyl (C=O) groups is 1. The molecule has 0 spiro atoms. The summed E-state index contributed by atoms with van der Waals surface area (Å²) in [5.74, 6) is -0.00966. The zero-order valence-corrected chi connectivity index (χ0v) is 13.5. The van der Waals surface area contributed by atoms with Crippen molar-refractivity contribution in [1.82, 2.24) is 4.90 Å². The fourth-order valence-corrected chi connectivity index (χ4v) is 3.05. The number of hydrogen-bond donors (Lipinski definition) is 0. The fraction of sp³-hybridized carbons (Fsp3) is 0.941. The van der Waals surface area contributed by atoms with Gasteiger partial charge in [0.2, 0.25) is 0 Å². The van der Waals surface area contributed by atoms with E-state index in [1.807, 2.05) is 6.92 Å². The van der Waals surface area contributed by atoms with Crippen LogP contribution in [0.3, 0.4) is 0 Å². The summed E-state index contributed by atoms with van der Waals surface area (Å²) in [5, 5.41) is 0. The molecule has 0 unspecified atom stereocenters. The number of unbranched alkanes of at least 4 members (excludes halogenated alkanes) is 7.